The first-order valence-corrected chi connectivity index (χ1v) is 7.26. The highest BCUT2D eigenvalue weighted by molar-refractivity contribution is 5.71. The van der Waals surface area contributed by atoms with E-state index < -0.39 is 11.9 Å². The van der Waals surface area contributed by atoms with Gasteiger partial charge < -0.3 is 19.7 Å². The molecule has 1 unspecified atom stereocenters. The smallest absolute Gasteiger partial charge is 0.308 e. The van der Waals surface area contributed by atoms with Crippen molar-refractivity contribution in [2.45, 2.75) is 39.0 Å². The van der Waals surface area contributed by atoms with Gasteiger partial charge in [0.15, 0.2) is 0 Å². The van der Waals surface area contributed by atoms with Crippen LogP contribution in [0.4, 0.5) is 5.95 Å². The van der Waals surface area contributed by atoms with Gasteiger partial charge in [0, 0.05) is 25.2 Å². The van der Waals surface area contributed by atoms with Crippen molar-refractivity contribution in [3.05, 3.63) is 5.89 Å². The summed E-state index contributed by atoms with van der Waals surface area (Å²) >= 11 is 0. The van der Waals surface area contributed by atoms with Crippen LogP contribution in [-0.2, 0) is 14.9 Å². The van der Waals surface area contributed by atoms with Gasteiger partial charge in [0.2, 0.25) is 5.89 Å². The number of carboxylic acids is 1. The molecule has 1 saturated heterocycles. The molecule has 0 aliphatic carbocycles. The van der Waals surface area contributed by atoms with Crippen LogP contribution in [0.1, 0.15) is 39.5 Å². The Morgan fingerprint density at radius 2 is 2.10 bits per heavy atom. The Labute approximate surface area is 124 Å². The van der Waals surface area contributed by atoms with Crippen LogP contribution in [0.3, 0.4) is 0 Å². The summed E-state index contributed by atoms with van der Waals surface area (Å²) in [5, 5.41) is 16.2. The molecule has 1 atom stereocenters. The lowest BCUT2D eigenvalue weighted by Gasteiger charge is -2.27. The Hall–Kier alpha value is -1.63. The van der Waals surface area contributed by atoms with E-state index in [9.17, 15) is 9.90 Å². The number of hydrogen-bond acceptors (Lipinski definition) is 6. The molecule has 0 aromatic carbocycles. The lowest BCUT2D eigenvalue weighted by Crippen LogP contribution is -2.34. The normalized spacial score (nSPS) is 18.4. The molecule has 1 aromatic heterocycles. The third-order valence-corrected chi connectivity index (χ3v) is 3.70. The molecule has 0 bridgehead atoms. The summed E-state index contributed by atoms with van der Waals surface area (Å²) in [6, 6.07) is 0. The number of aliphatic carboxylic acids is 1. The fraction of sp³-hybridized carbons (Fsp3) is 0.786. The summed E-state index contributed by atoms with van der Waals surface area (Å²) in [6.45, 7) is 7.49. The number of anilines is 1. The van der Waals surface area contributed by atoms with Gasteiger partial charge in [-0.1, -0.05) is 20.8 Å². The zero-order valence-electron chi connectivity index (χ0n) is 12.8. The topological polar surface area (TPSA) is 97.5 Å². The van der Waals surface area contributed by atoms with Crippen molar-refractivity contribution < 1.29 is 19.2 Å². The Balaban J connectivity index is 1.95. The van der Waals surface area contributed by atoms with Crippen molar-refractivity contribution in [2.24, 2.45) is 11.8 Å². The van der Waals surface area contributed by atoms with E-state index in [4.69, 9.17) is 9.26 Å². The zero-order chi connectivity index (χ0) is 15.5. The standard InChI is InChI=1S/C14H23N3O4/c1-14(2,3)12-16-13(17-21-12)15-8-10(11(18)19)9-4-6-20-7-5-9/h9-10H,4-8H2,1-3H3,(H,15,17)(H,18,19). The lowest BCUT2D eigenvalue weighted by molar-refractivity contribution is -0.144. The van der Waals surface area contributed by atoms with Crippen molar-refractivity contribution in [3.8, 4) is 0 Å². The summed E-state index contributed by atoms with van der Waals surface area (Å²) in [4.78, 5) is 15.7. The van der Waals surface area contributed by atoms with Crippen LogP contribution in [0.15, 0.2) is 4.52 Å². The van der Waals surface area contributed by atoms with Crippen molar-refractivity contribution in [1.29, 1.82) is 0 Å². The molecule has 1 aliphatic heterocycles. The second kappa shape index (κ2) is 6.43. The van der Waals surface area contributed by atoms with Gasteiger partial charge in [0.05, 0.1) is 5.92 Å². The van der Waals surface area contributed by atoms with E-state index in [-0.39, 0.29) is 11.3 Å². The quantitative estimate of drug-likeness (QED) is 0.856. The van der Waals surface area contributed by atoms with Crippen molar-refractivity contribution in [2.75, 3.05) is 25.1 Å². The van der Waals surface area contributed by atoms with Crippen LogP contribution < -0.4 is 5.32 Å². The fourth-order valence-electron chi connectivity index (χ4n) is 2.37. The molecule has 1 aromatic rings. The highest BCUT2D eigenvalue weighted by Gasteiger charge is 2.30. The lowest BCUT2D eigenvalue weighted by atomic mass is 9.86. The van der Waals surface area contributed by atoms with Crippen LogP contribution in [0, 0.1) is 11.8 Å². The van der Waals surface area contributed by atoms with Gasteiger partial charge in [0.25, 0.3) is 5.95 Å². The third-order valence-electron chi connectivity index (χ3n) is 3.70. The van der Waals surface area contributed by atoms with Crippen LogP contribution in [-0.4, -0.2) is 41.0 Å². The molecule has 2 N–H and O–H groups in total. The molecule has 118 valence electrons. The van der Waals surface area contributed by atoms with Gasteiger partial charge in [0.1, 0.15) is 0 Å². The van der Waals surface area contributed by atoms with E-state index in [1.807, 2.05) is 20.8 Å². The molecule has 1 aliphatic rings. The number of aromatic nitrogens is 2. The maximum absolute atomic E-state index is 11.4. The number of hydrogen-bond donors (Lipinski definition) is 2. The first-order chi connectivity index (χ1) is 9.88. The molecular formula is C14H23N3O4. The Morgan fingerprint density at radius 1 is 1.43 bits per heavy atom. The van der Waals surface area contributed by atoms with Crippen LogP contribution in [0.25, 0.3) is 0 Å². The zero-order valence-corrected chi connectivity index (χ0v) is 12.8. The highest BCUT2D eigenvalue weighted by atomic mass is 16.5. The molecule has 2 rings (SSSR count). The summed E-state index contributed by atoms with van der Waals surface area (Å²) in [7, 11) is 0. The summed E-state index contributed by atoms with van der Waals surface area (Å²) < 4.78 is 10.5. The van der Waals surface area contributed by atoms with E-state index in [0.29, 0.717) is 31.6 Å². The molecule has 0 spiro atoms. The van der Waals surface area contributed by atoms with Crippen molar-refractivity contribution in [3.63, 3.8) is 0 Å². The predicted molar refractivity (Wildman–Crippen MR) is 76.2 cm³/mol. The number of carboxylic acid groups (broad SMARTS) is 1. The second-order valence-electron chi connectivity index (χ2n) is 6.45. The minimum atomic E-state index is -0.797. The number of rotatable bonds is 5. The highest BCUT2D eigenvalue weighted by Crippen LogP contribution is 2.25. The molecule has 2 heterocycles. The van der Waals surface area contributed by atoms with Crippen LogP contribution in [0.2, 0.25) is 0 Å². The van der Waals surface area contributed by atoms with Gasteiger partial charge in [-0.2, -0.15) is 4.98 Å². The predicted octanol–water partition coefficient (Wildman–Crippen LogP) is 1.91. The Bertz CT molecular complexity index is 475. The van der Waals surface area contributed by atoms with Gasteiger partial charge in [-0.05, 0) is 23.9 Å². The summed E-state index contributed by atoms with van der Waals surface area (Å²) in [6.07, 6.45) is 1.55. The first-order valence-electron chi connectivity index (χ1n) is 7.26. The molecule has 7 nitrogen and oxygen atoms in total. The van der Waals surface area contributed by atoms with E-state index in [2.05, 4.69) is 15.5 Å². The van der Waals surface area contributed by atoms with Gasteiger partial charge in [-0.15, -0.1) is 0 Å². The minimum Gasteiger partial charge on any atom is -0.481 e. The van der Waals surface area contributed by atoms with Crippen molar-refractivity contribution in [1.82, 2.24) is 10.1 Å². The SMILES string of the molecule is CC(C)(C)c1nc(NCC(C(=O)O)C2CCOCC2)no1. The molecule has 0 saturated carbocycles. The maximum Gasteiger partial charge on any atom is 0.308 e. The van der Waals surface area contributed by atoms with E-state index in [1.54, 1.807) is 0 Å². The minimum absolute atomic E-state index is 0.123. The fourth-order valence-corrected chi connectivity index (χ4v) is 2.37. The van der Waals surface area contributed by atoms with Crippen molar-refractivity contribution >= 4 is 11.9 Å². The Kier molecular flexibility index (Phi) is 4.82. The van der Waals surface area contributed by atoms with Crippen LogP contribution >= 0.6 is 0 Å². The summed E-state index contributed by atoms with van der Waals surface area (Å²) in [5.41, 5.74) is -0.222. The maximum atomic E-state index is 11.4. The number of carbonyl (C=O) groups is 1. The first kappa shape index (κ1) is 15.8. The number of ether oxygens (including phenoxy) is 1. The molecule has 21 heavy (non-hydrogen) atoms. The molecular weight excluding hydrogens is 274 g/mol. The van der Waals surface area contributed by atoms with Gasteiger partial charge in [-0.25, -0.2) is 0 Å². The monoisotopic (exact) mass is 297 g/mol. The average Bonchev–Trinajstić information content (AvgIpc) is 2.88. The second-order valence-corrected chi connectivity index (χ2v) is 6.45. The van der Waals surface area contributed by atoms with E-state index in [1.165, 1.54) is 0 Å². The van der Waals surface area contributed by atoms with Gasteiger partial charge >= 0.3 is 5.97 Å². The molecule has 1 fully saturated rings. The Morgan fingerprint density at radius 3 is 2.62 bits per heavy atom. The van der Waals surface area contributed by atoms with E-state index in [0.717, 1.165) is 12.8 Å². The molecule has 7 heteroatoms. The summed E-state index contributed by atoms with van der Waals surface area (Å²) in [5.74, 6) is -0.265. The molecule has 0 amide bonds. The molecule has 0 radical (unpaired) electrons. The van der Waals surface area contributed by atoms with E-state index >= 15 is 0 Å². The van der Waals surface area contributed by atoms with Crippen LogP contribution in [0.5, 0.6) is 0 Å². The number of nitrogens with zero attached hydrogens (tertiary/aromatic N) is 2. The third kappa shape index (κ3) is 4.17. The number of nitrogens with one attached hydrogen (secondary N) is 1. The average molecular weight is 297 g/mol. The van der Waals surface area contributed by atoms with Gasteiger partial charge in [-0.3, -0.25) is 4.79 Å². The largest absolute Gasteiger partial charge is 0.481 e.